The predicted octanol–water partition coefficient (Wildman–Crippen LogP) is 2.97. The number of carbonyl (C=O) groups is 1. The van der Waals surface area contributed by atoms with Crippen molar-refractivity contribution in [1.29, 1.82) is 0 Å². The molecule has 0 bridgehead atoms. The van der Waals surface area contributed by atoms with Crippen LogP contribution in [0.5, 0.6) is 0 Å². The average molecular weight is 447 g/mol. The summed E-state index contributed by atoms with van der Waals surface area (Å²) in [7, 11) is 1.75. The summed E-state index contributed by atoms with van der Waals surface area (Å²) in [6, 6.07) is 6.61. The second kappa shape index (κ2) is 13.0. The van der Waals surface area contributed by atoms with Crippen molar-refractivity contribution in [2.24, 2.45) is 4.99 Å². The second-order valence-electron chi connectivity index (χ2n) is 5.58. The summed E-state index contributed by atoms with van der Waals surface area (Å²) in [6.45, 7) is 8.01. The number of guanidine groups is 1. The number of halogens is 1. The molecular weight excluding hydrogens is 417 g/mol. The molecule has 0 heterocycles. The normalized spacial score (nSPS) is 10.8. The fraction of sp³-hybridized carbons (Fsp3) is 0.556. The van der Waals surface area contributed by atoms with Crippen molar-refractivity contribution in [2.45, 2.75) is 40.0 Å². The van der Waals surface area contributed by atoms with Gasteiger partial charge in [0.1, 0.15) is 0 Å². The maximum atomic E-state index is 11.2. The van der Waals surface area contributed by atoms with Gasteiger partial charge in [-0.2, -0.15) is 0 Å². The molecular formula is C18H30IN3O2. The van der Waals surface area contributed by atoms with Crippen molar-refractivity contribution in [3.8, 4) is 0 Å². The zero-order valence-electron chi connectivity index (χ0n) is 15.1. The number of benzene rings is 1. The van der Waals surface area contributed by atoms with Gasteiger partial charge in [-0.05, 0) is 39.2 Å². The lowest BCUT2D eigenvalue weighted by atomic mass is 10.1. The van der Waals surface area contributed by atoms with Crippen LogP contribution in [0.3, 0.4) is 0 Å². The van der Waals surface area contributed by atoms with E-state index in [1.807, 2.05) is 6.92 Å². The van der Waals surface area contributed by atoms with Crippen LogP contribution in [0.15, 0.2) is 23.2 Å². The van der Waals surface area contributed by atoms with Crippen LogP contribution < -0.4 is 10.6 Å². The van der Waals surface area contributed by atoms with Gasteiger partial charge in [0, 0.05) is 26.6 Å². The molecule has 0 aliphatic carbocycles. The molecule has 136 valence electrons. The molecule has 0 aliphatic heterocycles. The van der Waals surface area contributed by atoms with Crippen LogP contribution in [0.2, 0.25) is 0 Å². The summed E-state index contributed by atoms with van der Waals surface area (Å²) in [5.41, 5.74) is 3.91. The number of nitrogens with zero attached hydrogens (tertiary/aromatic N) is 1. The third-order valence-corrected chi connectivity index (χ3v) is 3.37. The van der Waals surface area contributed by atoms with E-state index in [-0.39, 0.29) is 29.9 Å². The number of aliphatic imine (C=N–C) groups is 1. The lowest BCUT2D eigenvalue weighted by Crippen LogP contribution is -2.38. The Balaban J connectivity index is 0.00000529. The maximum Gasteiger partial charge on any atom is 0.305 e. The number of aryl methyl sites for hydroxylation is 2. The molecule has 24 heavy (non-hydrogen) atoms. The molecule has 0 atom stereocenters. The highest BCUT2D eigenvalue weighted by atomic mass is 127. The summed E-state index contributed by atoms with van der Waals surface area (Å²) in [5, 5.41) is 6.50. The molecule has 2 N–H and O–H groups in total. The van der Waals surface area contributed by atoms with Crippen LogP contribution in [0, 0.1) is 13.8 Å². The molecule has 0 aliphatic rings. The Kier molecular flexibility index (Phi) is 12.3. The molecule has 0 saturated carbocycles. The fourth-order valence-corrected chi connectivity index (χ4v) is 2.43. The first-order valence-electron chi connectivity index (χ1n) is 8.22. The van der Waals surface area contributed by atoms with Crippen LogP contribution >= 0.6 is 24.0 Å². The van der Waals surface area contributed by atoms with Gasteiger partial charge in [-0.15, -0.1) is 24.0 Å². The van der Waals surface area contributed by atoms with Crippen molar-refractivity contribution in [2.75, 3.05) is 26.7 Å². The monoisotopic (exact) mass is 447 g/mol. The molecule has 1 rings (SSSR count). The SMILES string of the molecule is CCOC(=O)CCCNC(=NC)NCCc1cc(C)cc(C)c1.I. The van der Waals surface area contributed by atoms with Crippen LogP contribution in [-0.2, 0) is 16.0 Å². The third kappa shape index (κ3) is 9.75. The van der Waals surface area contributed by atoms with Crippen molar-refractivity contribution in [3.63, 3.8) is 0 Å². The standard InChI is InChI=1S/C18H29N3O2.HI/c1-5-23-17(22)7-6-9-20-18(19-4)21-10-8-16-12-14(2)11-15(3)13-16;/h11-13H,5-10H2,1-4H3,(H2,19,20,21);1H. The van der Waals surface area contributed by atoms with Crippen molar-refractivity contribution in [3.05, 3.63) is 34.9 Å². The van der Waals surface area contributed by atoms with Gasteiger partial charge in [0.05, 0.1) is 6.61 Å². The number of carbonyl (C=O) groups excluding carboxylic acids is 1. The highest BCUT2D eigenvalue weighted by molar-refractivity contribution is 14.0. The van der Waals surface area contributed by atoms with Crippen LogP contribution in [0.25, 0.3) is 0 Å². The number of nitrogens with one attached hydrogen (secondary N) is 2. The number of hydrogen-bond acceptors (Lipinski definition) is 3. The topological polar surface area (TPSA) is 62.7 Å². The van der Waals surface area contributed by atoms with E-state index in [1.54, 1.807) is 7.05 Å². The molecule has 5 nitrogen and oxygen atoms in total. The summed E-state index contributed by atoms with van der Waals surface area (Å²) in [4.78, 5) is 15.4. The molecule has 0 saturated heterocycles. The smallest absolute Gasteiger partial charge is 0.305 e. The van der Waals surface area contributed by atoms with E-state index in [0.29, 0.717) is 19.6 Å². The average Bonchev–Trinajstić information content (AvgIpc) is 2.49. The molecule has 0 fully saturated rings. The predicted molar refractivity (Wildman–Crippen MR) is 110 cm³/mol. The number of ether oxygens (including phenoxy) is 1. The summed E-state index contributed by atoms with van der Waals surface area (Å²) in [6.07, 6.45) is 2.11. The first-order valence-corrected chi connectivity index (χ1v) is 8.22. The third-order valence-electron chi connectivity index (χ3n) is 3.37. The minimum absolute atomic E-state index is 0. The van der Waals surface area contributed by atoms with Crippen molar-refractivity contribution in [1.82, 2.24) is 10.6 Å². The van der Waals surface area contributed by atoms with Gasteiger partial charge < -0.3 is 15.4 Å². The Morgan fingerprint density at radius 3 is 2.33 bits per heavy atom. The van der Waals surface area contributed by atoms with Crippen LogP contribution in [0.1, 0.15) is 36.5 Å². The van der Waals surface area contributed by atoms with Crippen molar-refractivity contribution >= 4 is 35.9 Å². The molecule has 1 aromatic rings. The van der Waals surface area contributed by atoms with E-state index in [0.717, 1.165) is 25.3 Å². The zero-order chi connectivity index (χ0) is 17.1. The minimum Gasteiger partial charge on any atom is -0.466 e. The van der Waals surface area contributed by atoms with E-state index in [1.165, 1.54) is 16.7 Å². The van der Waals surface area contributed by atoms with Crippen LogP contribution in [-0.4, -0.2) is 38.7 Å². The zero-order valence-corrected chi connectivity index (χ0v) is 17.5. The largest absolute Gasteiger partial charge is 0.466 e. The Morgan fingerprint density at radius 2 is 1.75 bits per heavy atom. The number of hydrogen-bond donors (Lipinski definition) is 2. The molecule has 0 unspecified atom stereocenters. The molecule has 0 spiro atoms. The molecule has 0 amide bonds. The Morgan fingerprint density at radius 1 is 1.12 bits per heavy atom. The quantitative estimate of drug-likeness (QED) is 0.212. The summed E-state index contributed by atoms with van der Waals surface area (Å²) >= 11 is 0. The van der Waals surface area contributed by atoms with Gasteiger partial charge in [-0.25, -0.2) is 0 Å². The lowest BCUT2D eigenvalue weighted by molar-refractivity contribution is -0.143. The van der Waals surface area contributed by atoms with E-state index < -0.39 is 0 Å². The fourth-order valence-electron chi connectivity index (χ4n) is 2.43. The molecule has 0 aromatic heterocycles. The number of rotatable bonds is 8. The lowest BCUT2D eigenvalue weighted by Gasteiger charge is -2.12. The van der Waals surface area contributed by atoms with E-state index in [4.69, 9.17) is 4.74 Å². The summed E-state index contributed by atoms with van der Waals surface area (Å²) < 4.78 is 4.90. The highest BCUT2D eigenvalue weighted by Crippen LogP contribution is 2.08. The molecule has 0 radical (unpaired) electrons. The first kappa shape index (κ1) is 22.7. The highest BCUT2D eigenvalue weighted by Gasteiger charge is 2.02. The Hall–Kier alpha value is -1.31. The van der Waals surface area contributed by atoms with Gasteiger partial charge >= 0.3 is 5.97 Å². The van der Waals surface area contributed by atoms with E-state index >= 15 is 0 Å². The van der Waals surface area contributed by atoms with Gasteiger partial charge in [0.25, 0.3) is 0 Å². The summed E-state index contributed by atoms with van der Waals surface area (Å²) in [5.74, 6) is 0.616. The van der Waals surface area contributed by atoms with Gasteiger partial charge in [0.15, 0.2) is 5.96 Å². The van der Waals surface area contributed by atoms with Crippen LogP contribution in [0.4, 0.5) is 0 Å². The Labute approximate surface area is 162 Å². The molecule has 6 heteroatoms. The van der Waals surface area contributed by atoms with E-state index in [2.05, 4.69) is 47.7 Å². The van der Waals surface area contributed by atoms with Gasteiger partial charge in [0.2, 0.25) is 0 Å². The molecule has 1 aromatic carbocycles. The Bertz CT molecular complexity index is 513. The second-order valence-corrected chi connectivity index (χ2v) is 5.58. The number of esters is 1. The van der Waals surface area contributed by atoms with Gasteiger partial charge in [-0.1, -0.05) is 29.3 Å². The van der Waals surface area contributed by atoms with Crippen molar-refractivity contribution < 1.29 is 9.53 Å². The van der Waals surface area contributed by atoms with Gasteiger partial charge in [-0.3, -0.25) is 9.79 Å². The maximum absolute atomic E-state index is 11.2. The minimum atomic E-state index is -0.146. The first-order chi connectivity index (χ1) is 11.0. The van der Waals surface area contributed by atoms with E-state index in [9.17, 15) is 4.79 Å².